The average molecular weight is 369 g/mol. The number of hydrogen-bond donors (Lipinski definition) is 1. The van der Waals surface area contributed by atoms with E-state index in [0.717, 1.165) is 43.2 Å². The molecule has 5 rings (SSSR count). The third-order valence-electron chi connectivity index (χ3n) is 6.61. The number of rotatable bonds is 4. The van der Waals surface area contributed by atoms with Crippen molar-refractivity contribution in [3.05, 3.63) is 30.7 Å². The Morgan fingerprint density at radius 1 is 1.26 bits per heavy atom. The molecule has 2 aromatic rings. The predicted molar refractivity (Wildman–Crippen MR) is 101 cm³/mol. The molecule has 27 heavy (non-hydrogen) atoms. The second kappa shape index (κ2) is 6.60. The molecular weight excluding hydrogens is 342 g/mol. The first-order chi connectivity index (χ1) is 13.1. The molecule has 2 bridgehead atoms. The summed E-state index contributed by atoms with van der Waals surface area (Å²) in [7, 11) is 0. The first kappa shape index (κ1) is 17.2. The fourth-order valence-corrected chi connectivity index (χ4v) is 5.45. The van der Waals surface area contributed by atoms with Gasteiger partial charge in [-0.3, -0.25) is 9.78 Å². The molecule has 6 heteroatoms. The van der Waals surface area contributed by atoms with Crippen LogP contribution in [0.1, 0.15) is 44.9 Å². The maximum absolute atomic E-state index is 12.9. The van der Waals surface area contributed by atoms with Crippen LogP contribution in [-0.2, 0) is 16.1 Å². The molecule has 0 aromatic carbocycles. The van der Waals surface area contributed by atoms with Crippen molar-refractivity contribution >= 4 is 16.8 Å². The topological polar surface area (TPSA) is 67.6 Å². The Labute approximate surface area is 159 Å². The molecule has 0 aliphatic carbocycles. The molecule has 0 saturated carbocycles. The van der Waals surface area contributed by atoms with Crippen molar-refractivity contribution in [3.63, 3.8) is 0 Å². The largest absolute Gasteiger partial charge is 0.388 e. The maximum Gasteiger partial charge on any atom is 0.225 e. The number of pyridine rings is 1. The molecule has 1 N–H and O–H groups in total. The van der Waals surface area contributed by atoms with Crippen molar-refractivity contribution < 1.29 is 14.6 Å². The lowest BCUT2D eigenvalue weighted by atomic mass is 9.85. The summed E-state index contributed by atoms with van der Waals surface area (Å²) in [6.07, 6.45) is 11.6. The van der Waals surface area contributed by atoms with E-state index >= 15 is 0 Å². The number of nitrogens with zero attached hydrogens (tertiary/aromatic N) is 3. The number of fused-ring (bicyclic) bond motifs is 3. The van der Waals surface area contributed by atoms with Crippen molar-refractivity contribution in [2.24, 2.45) is 0 Å². The van der Waals surface area contributed by atoms with Crippen LogP contribution in [0, 0.1) is 0 Å². The van der Waals surface area contributed by atoms with Crippen molar-refractivity contribution in [1.82, 2.24) is 14.5 Å². The van der Waals surface area contributed by atoms with E-state index in [1.54, 1.807) is 6.20 Å². The monoisotopic (exact) mass is 369 g/mol. The van der Waals surface area contributed by atoms with Gasteiger partial charge in [-0.2, -0.15) is 0 Å². The summed E-state index contributed by atoms with van der Waals surface area (Å²) in [5.41, 5.74) is 0.281. The number of ether oxygens (including phenoxy) is 1. The molecule has 1 amide bonds. The zero-order valence-corrected chi connectivity index (χ0v) is 15.6. The van der Waals surface area contributed by atoms with E-state index in [9.17, 15) is 9.90 Å². The van der Waals surface area contributed by atoms with Gasteiger partial charge in [0.2, 0.25) is 5.91 Å². The van der Waals surface area contributed by atoms with Gasteiger partial charge in [-0.15, -0.1) is 0 Å². The first-order valence-corrected chi connectivity index (χ1v) is 10.2. The first-order valence-electron chi connectivity index (χ1n) is 10.2. The van der Waals surface area contributed by atoms with Crippen LogP contribution in [0.15, 0.2) is 30.7 Å². The lowest BCUT2D eigenvalue weighted by Gasteiger charge is -2.44. The van der Waals surface area contributed by atoms with E-state index in [2.05, 4.69) is 20.5 Å². The van der Waals surface area contributed by atoms with E-state index < -0.39 is 5.60 Å². The summed E-state index contributed by atoms with van der Waals surface area (Å²) >= 11 is 0. The van der Waals surface area contributed by atoms with Gasteiger partial charge in [0.1, 0.15) is 0 Å². The highest BCUT2D eigenvalue weighted by Gasteiger charge is 2.49. The number of carbonyl (C=O) groups excluding carboxylic acids is 1. The van der Waals surface area contributed by atoms with Crippen LogP contribution in [0.3, 0.4) is 0 Å². The molecule has 3 unspecified atom stereocenters. The van der Waals surface area contributed by atoms with Gasteiger partial charge >= 0.3 is 0 Å². The second-order valence-corrected chi connectivity index (χ2v) is 8.54. The minimum absolute atomic E-state index is 0.0939. The predicted octanol–water partition coefficient (Wildman–Crippen LogP) is 2.49. The quantitative estimate of drug-likeness (QED) is 0.899. The molecule has 144 valence electrons. The van der Waals surface area contributed by atoms with Crippen LogP contribution < -0.4 is 0 Å². The molecule has 0 spiro atoms. The summed E-state index contributed by atoms with van der Waals surface area (Å²) in [5.74, 6) is 0.215. The fraction of sp³-hybridized carbons (Fsp3) is 0.619. The lowest BCUT2D eigenvalue weighted by molar-refractivity contribution is -0.144. The van der Waals surface area contributed by atoms with E-state index in [1.165, 1.54) is 0 Å². The van der Waals surface area contributed by atoms with Crippen LogP contribution in [0.2, 0.25) is 0 Å². The summed E-state index contributed by atoms with van der Waals surface area (Å²) in [6.45, 7) is 1.34. The maximum atomic E-state index is 12.9. The van der Waals surface area contributed by atoms with Crippen molar-refractivity contribution in [2.45, 2.75) is 75.3 Å². The van der Waals surface area contributed by atoms with Crippen LogP contribution in [0.5, 0.6) is 0 Å². The zero-order chi connectivity index (χ0) is 18.4. The van der Waals surface area contributed by atoms with Crippen molar-refractivity contribution in [2.75, 3.05) is 6.61 Å². The van der Waals surface area contributed by atoms with E-state index in [0.29, 0.717) is 25.8 Å². The molecular formula is C21H27N3O3. The number of aromatic nitrogens is 2. The van der Waals surface area contributed by atoms with Crippen LogP contribution >= 0.6 is 0 Å². The zero-order valence-electron chi connectivity index (χ0n) is 15.6. The number of amides is 1. The summed E-state index contributed by atoms with van der Waals surface area (Å²) in [4.78, 5) is 19.2. The molecule has 2 aromatic heterocycles. The third-order valence-corrected chi connectivity index (χ3v) is 6.61. The molecule has 0 radical (unpaired) electrons. The summed E-state index contributed by atoms with van der Waals surface area (Å²) in [5, 5.41) is 12.5. The van der Waals surface area contributed by atoms with Gasteiger partial charge < -0.3 is 19.3 Å². The van der Waals surface area contributed by atoms with E-state index in [1.807, 2.05) is 18.5 Å². The summed E-state index contributed by atoms with van der Waals surface area (Å²) in [6, 6.07) is 4.37. The van der Waals surface area contributed by atoms with Crippen LogP contribution in [-0.4, -0.2) is 55.9 Å². The Kier molecular flexibility index (Phi) is 4.20. The average Bonchev–Trinajstić information content (AvgIpc) is 3.35. The Bertz CT molecular complexity index is 828. The Balaban J connectivity index is 1.30. The van der Waals surface area contributed by atoms with Gasteiger partial charge in [-0.05, 0) is 50.7 Å². The molecule has 3 aliphatic rings. The van der Waals surface area contributed by atoms with Gasteiger partial charge in [0.05, 0.1) is 36.4 Å². The normalized spacial score (nSPS) is 33.1. The number of piperidine rings is 1. The standard InChI is InChI=1S/C21H27N3O3/c25-20(10-18-2-1-9-27-18)24-16-3-4-17(24)12-21(26,11-16)14-23-8-6-15-5-7-22-13-19(15)23/h5-8,13,16-18,26H,1-4,9-12,14H2. The summed E-state index contributed by atoms with van der Waals surface area (Å²) < 4.78 is 7.75. The SMILES string of the molecule is O=C(CC1CCCO1)N1C2CCC1CC(O)(Cn1ccc3ccncc31)C2. The van der Waals surface area contributed by atoms with Gasteiger partial charge in [-0.25, -0.2) is 0 Å². The molecule has 5 heterocycles. The Morgan fingerprint density at radius 3 is 2.81 bits per heavy atom. The highest BCUT2D eigenvalue weighted by Crippen LogP contribution is 2.42. The van der Waals surface area contributed by atoms with Crippen molar-refractivity contribution in [1.29, 1.82) is 0 Å². The van der Waals surface area contributed by atoms with E-state index in [4.69, 9.17) is 4.74 Å². The molecule has 3 aliphatic heterocycles. The number of carbonyl (C=O) groups is 1. The molecule has 3 atom stereocenters. The third kappa shape index (κ3) is 3.15. The number of hydrogen-bond acceptors (Lipinski definition) is 4. The second-order valence-electron chi connectivity index (χ2n) is 8.54. The smallest absolute Gasteiger partial charge is 0.225 e. The van der Waals surface area contributed by atoms with Gasteiger partial charge in [0, 0.05) is 36.5 Å². The van der Waals surface area contributed by atoms with Gasteiger partial charge in [0.25, 0.3) is 0 Å². The molecule has 3 saturated heterocycles. The fourth-order valence-electron chi connectivity index (χ4n) is 5.45. The Morgan fingerprint density at radius 2 is 2.07 bits per heavy atom. The Hall–Kier alpha value is -1.92. The van der Waals surface area contributed by atoms with Crippen molar-refractivity contribution in [3.8, 4) is 0 Å². The minimum atomic E-state index is -0.770. The van der Waals surface area contributed by atoms with Crippen LogP contribution in [0.25, 0.3) is 10.9 Å². The molecule has 6 nitrogen and oxygen atoms in total. The van der Waals surface area contributed by atoms with Gasteiger partial charge in [-0.1, -0.05) is 0 Å². The number of aliphatic hydroxyl groups is 1. The lowest BCUT2D eigenvalue weighted by Crippen LogP contribution is -2.55. The minimum Gasteiger partial charge on any atom is -0.388 e. The molecule has 3 fully saturated rings. The highest BCUT2D eigenvalue weighted by molar-refractivity contribution is 5.79. The highest BCUT2D eigenvalue weighted by atomic mass is 16.5. The van der Waals surface area contributed by atoms with E-state index in [-0.39, 0.29) is 24.1 Å². The van der Waals surface area contributed by atoms with Gasteiger partial charge in [0.15, 0.2) is 0 Å². The van der Waals surface area contributed by atoms with Crippen LogP contribution in [0.4, 0.5) is 0 Å².